The van der Waals surface area contributed by atoms with Gasteiger partial charge in [0.05, 0.1) is 5.71 Å². The van der Waals surface area contributed by atoms with E-state index in [4.69, 9.17) is 4.74 Å². The fourth-order valence-electron chi connectivity index (χ4n) is 2.72. The SMILES string of the molecule is CCCCCCCC(=NO)c1ccc(OCc2ccccc2)cc1O. The molecule has 0 spiro atoms. The molecule has 25 heavy (non-hydrogen) atoms. The van der Waals surface area contributed by atoms with Crippen molar-refractivity contribution < 1.29 is 15.1 Å². The Hall–Kier alpha value is -2.49. The fourth-order valence-corrected chi connectivity index (χ4v) is 2.72. The number of phenols is 1. The molecule has 0 unspecified atom stereocenters. The summed E-state index contributed by atoms with van der Waals surface area (Å²) in [5.41, 5.74) is 2.14. The fraction of sp³-hybridized carbons (Fsp3) is 0.381. The number of nitrogens with zero attached hydrogens (tertiary/aromatic N) is 1. The molecule has 0 aliphatic carbocycles. The van der Waals surface area contributed by atoms with Crippen LogP contribution in [-0.4, -0.2) is 16.0 Å². The molecule has 2 N–H and O–H groups in total. The first-order valence-corrected chi connectivity index (χ1v) is 8.95. The first-order chi connectivity index (χ1) is 12.2. The zero-order valence-corrected chi connectivity index (χ0v) is 14.8. The van der Waals surface area contributed by atoms with E-state index >= 15 is 0 Å². The van der Waals surface area contributed by atoms with E-state index in [1.165, 1.54) is 19.3 Å². The minimum absolute atomic E-state index is 0.0759. The minimum Gasteiger partial charge on any atom is -0.507 e. The van der Waals surface area contributed by atoms with Gasteiger partial charge in [0.2, 0.25) is 0 Å². The van der Waals surface area contributed by atoms with Gasteiger partial charge in [-0.2, -0.15) is 0 Å². The lowest BCUT2D eigenvalue weighted by Crippen LogP contribution is -2.02. The summed E-state index contributed by atoms with van der Waals surface area (Å²) >= 11 is 0. The van der Waals surface area contributed by atoms with Crippen LogP contribution in [0.3, 0.4) is 0 Å². The molecular formula is C21H27NO3. The van der Waals surface area contributed by atoms with Crippen molar-refractivity contribution in [2.24, 2.45) is 5.16 Å². The molecule has 134 valence electrons. The number of hydrogen-bond donors (Lipinski definition) is 2. The highest BCUT2D eigenvalue weighted by Crippen LogP contribution is 2.26. The number of phenolic OH excluding ortho intramolecular Hbond substituents is 1. The van der Waals surface area contributed by atoms with Gasteiger partial charge in [-0.05, 0) is 30.5 Å². The molecule has 0 bridgehead atoms. The number of oxime groups is 1. The third-order valence-corrected chi connectivity index (χ3v) is 4.17. The molecular weight excluding hydrogens is 314 g/mol. The van der Waals surface area contributed by atoms with Gasteiger partial charge in [-0.15, -0.1) is 0 Å². The third kappa shape index (κ3) is 6.14. The van der Waals surface area contributed by atoms with Crippen LogP contribution in [0.4, 0.5) is 0 Å². The normalized spacial score (nSPS) is 11.5. The number of ether oxygens (including phenoxy) is 1. The van der Waals surface area contributed by atoms with Crippen molar-refractivity contribution in [3.8, 4) is 11.5 Å². The summed E-state index contributed by atoms with van der Waals surface area (Å²) < 4.78 is 5.70. The molecule has 0 saturated heterocycles. The molecule has 4 heteroatoms. The van der Waals surface area contributed by atoms with Crippen LogP contribution in [-0.2, 0) is 6.61 Å². The van der Waals surface area contributed by atoms with Gasteiger partial charge in [-0.25, -0.2) is 0 Å². The smallest absolute Gasteiger partial charge is 0.128 e. The zero-order valence-electron chi connectivity index (χ0n) is 14.8. The molecule has 2 rings (SSSR count). The Morgan fingerprint density at radius 1 is 1.00 bits per heavy atom. The van der Waals surface area contributed by atoms with E-state index < -0.39 is 0 Å². The lowest BCUT2D eigenvalue weighted by Gasteiger charge is -2.10. The van der Waals surface area contributed by atoms with Crippen molar-refractivity contribution >= 4 is 5.71 Å². The van der Waals surface area contributed by atoms with Crippen LogP contribution in [0.1, 0.15) is 56.6 Å². The van der Waals surface area contributed by atoms with E-state index in [9.17, 15) is 10.3 Å². The van der Waals surface area contributed by atoms with Crippen LogP contribution in [0.25, 0.3) is 0 Å². The van der Waals surface area contributed by atoms with E-state index in [1.54, 1.807) is 18.2 Å². The predicted octanol–water partition coefficient (Wildman–Crippen LogP) is 5.51. The largest absolute Gasteiger partial charge is 0.507 e. The van der Waals surface area contributed by atoms with Crippen LogP contribution in [0, 0.1) is 0 Å². The highest BCUT2D eigenvalue weighted by molar-refractivity contribution is 6.02. The van der Waals surface area contributed by atoms with Crippen LogP contribution in [0.5, 0.6) is 11.5 Å². The van der Waals surface area contributed by atoms with E-state index in [1.807, 2.05) is 30.3 Å². The Labute approximate surface area is 149 Å². The maximum atomic E-state index is 10.3. The van der Waals surface area contributed by atoms with Gasteiger partial charge in [-0.1, -0.05) is 68.1 Å². The van der Waals surface area contributed by atoms with Gasteiger partial charge >= 0.3 is 0 Å². The molecule has 0 amide bonds. The second-order valence-corrected chi connectivity index (χ2v) is 6.16. The quantitative estimate of drug-likeness (QED) is 0.259. The van der Waals surface area contributed by atoms with Crippen molar-refractivity contribution in [2.75, 3.05) is 0 Å². The lowest BCUT2D eigenvalue weighted by atomic mass is 10.0. The molecule has 0 aliphatic heterocycles. The minimum atomic E-state index is 0.0759. The van der Waals surface area contributed by atoms with Gasteiger partial charge < -0.3 is 15.1 Å². The number of hydrogen-bond acceptors (Lipinski definition) is 4. The molecule has 0 aliphatic rings. The predicted molar refractivity (Wildman–Crippen MR) is 101 cm³/mol. The summed E-state index contributed by atoms with van der Waals surface area (Å²) in [7, 11) is 0. The van der Waals surface area contributed by atoms with Gasteiger partial charge in [0, 0.05) is 11.6 Å². The van der Waals surface area contributed by atoms with Crippen molar-refractivity contribution in [1.29, 1.82) is 0 Å². The number of rotatable bonds is 10. The topological polar surface area (TPSA) is 62.1 Å². The Balaban J connectivity index is 1.93. The molecule has 0 radical (unpaired) electrons. The zero-order chi connectivity index (χ0) is 17.9. The molecule has 2 aromatic rings. The lowest BCUT2D eigenvalue weighted by molar-refractivity contribution is 0.304. The summed E-state index contributed by atoms with van der Waals surface area (Å²) in [4.78, 5) is 0. The summed E-state index contributed by atoms with van der Waals surface area (Å²) in [5.74, 6) is 0.664. The summed E-state index contributed by atoms with van der Waals surface area (Å²) in [5, 5.41) is 22.9. The van der Waals surface area contributed by atoms with E-state index in [2.05, 4.69) is 12.1 Å². The first kappa shape index (κ1) is 18.8. The molecule has 0 saturated carbocycles. The highest BCUT2D eigenvalue weighted by atomic mass is 16.5. The van der Waals surface area contributed by atoms with E-state index in [-0.39, 0.29) is 5.75 Å². The molecule has 0 fully saturated rings. The Kier molecular flexibility index (Phi) is 7.83. The molecule has 2 aromatic carbocycles. The Morgan fingerprint density at radius 3 is 2.44 bits per heavy atom. The van der Waals surface area contributed by atoms with Crippen molar-refractivity contribution in [1.82, 2.24) is 0 Å². The van der Waals surface area contributed by atoms with Crippen molar-refractivity contribution in [3.05, 3.63) is 59.7 Å². The van der Waals surface area contributed by atoms with Crippen molar-refractivity contribution in [3.63, 3.8) is 0 Å². The average Bonchev–Trinajstić information content (AvgIpc) is 2.65. The van der Waals surface area contributed by atoms with E-state index in [0.29, 0.717) is 30.1 Å². The van der Waals surface area contributed by atoms with Crippen LogP contribution >= 0.6 is 0 Å². The summed E-state index contributed by atoms with van der Waals surface area (Å²) in [6.07, 6.45) is 6.32. The summed E-state index contributed by atoms with van der Waals surface area (Å²) in [6.45, 7) is 2.62. The second-order valence-electron chi connectivity index (χ2n) is 6.16. The second kappa shape index (κ2) is 10.4. The van der Waals surface area contributed by atoms with Gasteiger partial charge in [0.1, 0.15) is 18.1 Å². The number of unbranched alkanes of at least 4 members (excludes halogenated alkanes) is 4. The van der Waals surface area contributed by atoms with Crippen molar-refractivity contribution in [2.45, 2.75) is 52.1 Å². The number of aromatic hydroxyl groups is 1. The Morgan fingerprint density at radius 2 is 1.76 bits per heavy atom. The molecule has 0 heterocycles. The van der Waals surface area contributed by atoms with Gasteiger partial charge in [0.25, 0.3) is 0 Å². The highest BCUT2D eigenvalue weighted by Gasteiger charge is 2.11. The van der Waals surface area contributed by atoms with Crippen LogP contribution < -0.4 is 4.74 Å². The van der Waals surface area contributed by atoms with Gasteiger partial charge in [-0.3, -0.25) is 0 Å². The Bertz CT molecular complexity index is 668. The monoisotopic (exact) mass is 341 g/mol. The van der Waals surface area contributed by atoms with Crippen LogP contribution in [0.2, 0.25) is 0 Å². The van der Waals surface area contributed by atoms with Crippen LogP contribution in [0.15, 0.2) is 53.7 Å². The van der Waals surface area contributed by atoms with Gasteiger partial charge in [0.15, 0.2) is 0 Å². The first-order valence-electron chi connectivity index (χ1n) is 8.95. The molecule has 4 nitrogen and oxygen atoms in total. The standard InChI is InChI=1S/C21H27NO3/c1-2-3-4-5-9-12-20(22-24)19-14-13-18(15-21(19)23)25-16-17-10-7-6-8-11-17/h6-8,10-11,13-15,23-24H,2-5,9,12,16H2,1H3. The number of benzene rings is 2. The maximum Gasteiger partial charge on any atom is 0.128 e. The summed E-state index contributed by atoms with van der Waals surface area (Å²) in [6, 6.07) is 15.0. The third-order valence-electron chi connectivity index (χ3n) is 4.17. The molecule has 0 atom stereocenters. The molecule has 0 aromatic heterocycles. The van der Waals surface area contributed by atoms with E-state index in [0.717, 1.165) is 18.4 Å². The maximum absolute atomic E-state index is 10.3. The average molecular weight is 341 g/mol.